The first-order valence-electron chi connectivity index (χ1n) is 4.69. The van der Waals surface area contributed by atoms with Gasteiger partial charge in [-0.05, 0) is 31.6 Å². The van der Waals surface area contributed by atoms with Crippen LogP contribution in [0.15, 0.2) is 0 Å². The molecule has 0 aromatic carbocycles. The lowest BCUT2D eigenvalue weighted by atomic mass is 9.77. The predicted molar refractivity (Wildman–Crippen MR) is 47.5 cm³/mol. The zero-order chi connectivity index (χ0) is 8.59. The van der Waals surface area contributed by atoms with Gasteiger partial charge in [-0.3, -0.25) is 0 Å². The average molecular weight is 156 g/mol. The van der Waals surface area contributed by atoms with Crippen LogP contribution in [0.25, 0.3) is 0 Å². The zero-order valence-electron chi connectivity index (χ0n) is 8.29. The minimum absolute atomic E-state index is 0.441. The summed E-state index contributed by atoms with van der Waals surface area (Å²) in [5, 5.41) is 0. The van der Waals surface area contributed by atoms with E-state index in [1.807, 2.05) is 0 Å². The quantitative estimate of drug-likeness (QED) is 0.524. The van der Waals surface area contributed by atoms with Crippen LogP contribution in [0, 0.1) is 17.8 Å². The Labute approximate surface area is 70.1 Å². The summed E-state index contributed by atoms with van der Waals surface area (Å²) >= 11 is 0. The molecule has 0 saturated carbocycles. The van der Waals surface area contributed by atoms with Gasteiger partial charge in [0.1, 0.15) is 0 Å². The number of rotatable bonds is 0. The van der Waals surface area contributed by atoms with Crippen LogP contribution in [0.4, 0.5) is 0 Å². The van der Waals surface area contributed by atoms with Crippen LogP contribution in [-0.2, 0) is 4.74 Å². The fraction of sp³-hybridized carbons (Fsp3) is 1.00. The van der Waals surface area contributed by atoms with E-state index in [0.717, 1.165) is 5.92 Å². The lowest BCUT2D eigenvalue weighted by Crippen LogP contribution is -2.41. The maximum atomic E-state index is 5.78. The van der Waals surface area contributed by atoms with E-state index in [1.165, 1.54) is 0 Å². The molecular weight excluding hydrogens is 136 g/mol. The van der Waals surface area contributed by atoms with Crippen molar-refractivity contribution in [1.29, 1.82) is 0 Å². The molecule has 0 bridgehead atoms. The zero-order valence-corrected chi connectivity index (χ0v) is 8.29. The molecule has 1 fully saturated rings. The molecule has 66 valence electrons. The number of hydrogen-bond donors (Lipinski definition) is 0. The first-order valence-corrected chi connectivity index (χ1v) is 4.69. The summed E-state index contributed by atoms with van der Waals surface area (Å²) in [6, 6.07) is 0. The molecule has 0 radical (unpaired) electrons. The van der Waals surface area contributed by atoms with E-state index in [-0.39, 0.29) is 0 Å². The van der Waals surface area contributed by atoms with Crippen molar-refractivity contribution in [2.24, 2.45) is 17.8 Å². The third kappa shape index (κ3) is 1.58. The first-order chi connectivity index (χ1) is 5.04. The SMILES string of the molecule is CC1O[C@@H](C)[C@H](C)[C@@H](C)[C@H]1C. The van der Waals surface area contributed by atoms with E-state index in [0.29, 0.717) is 24.0 Å². The Morgan fingerprint density at radius 3 is 1.36 bits per heavy atom. The van der Waals surface area contributed by atoms with Gasteiger partial charge in [-0.15, -0.1) is 0 Å². The third-order valence-corrected chi connectivity index (χ3v) is 3.57. The van der Waals surface area contributed by atoms with Gasteiger partial charge in [-0.2, -0.15) is 0 Å². The summed E-state index contributed by atoms with van der Waals surface area (Å²) in [6.07, 6.45) is 0.882. The van der Waals surface area contributed by atoms with Crippen LogP contribution in [0.5, 0.6) is 0 Å². The number of hydrogen-bond acceptors (Lipinski definition) is 1. The molecule has 1 heterocycles. The Balaban J connectivity index is 2.63. The smallest absolute Gasteiger partial charge is 0.0578 e. The molecule has 1 unspecified atom stereocenters. The van der Waals surface area contributed by atoms with E-state index in [1.54, 1.807) is 0 Å². The molecule has 1 saturated heterocycles. The second-order valence-electron chi connectivity index (χ2n) is 4.12. The Morgan fingerprint density at radius 1 is 0.636 bits per heavy atom. The molecule has 1 aliphatic heterocycles. The van der Waals surface area contributed by atoms with Crippen molar-refractivity contribution in [1.82, 2.24) is 0 Å². The second kappa shape index (κ2) is 3.14. The van der Waals surface area contributed by atoms with Crippen LogP contribution in [0.1, 0.15) is 34.6 Å². The molecule has 0 amide bonds. The van der Waals surface area contributed by atoms with Crippen molar-refractivity contribution in [3.8, 4) is 0 Å². The highest BCUT2D eigenvalue weighted by atomic mass is 16.5. The Bertz CT molecular complexity index is 119. The standard InChI is InChI=1S/C10H20O/c1-6-7(2)9(4)11-10(5)8(6)3/h6-10H,1-5H3/t6-,7-,8-,9+,10?/m1/s1. The molecule has 0 aromatic rings. The van der Waals surface area contributed by atoms with Gasteiger partial charge in [0.2, 0.25) is 0 Å². The van der Waals surface area contributed by atoms with Crippen molar-refractivity contribution in [2.45, 2.75) is 46.8 Å². The molecule has 0 aromatic heterocycles. The first kappa shape index (κ1) is 9.05. The normalized spacial score (nSPS) is 52.6. The molecule has 1 aliphatic rings. The van der Waals surface area contributed by atoms with E-state index >= 15 is 0 Å². The highest BCUT2D eigenvalue weighted by Crippen LogP contribution is 2.34. The van der Waals surface area contributed by atoms with E-state index < -0.39 is 0 Å². The van der Waals surface area contributed by atoms with Crippen molar-refractivity contribution in [3.05, 3.63) is 0 Å². The van der Waals surface area contributed by atoms with Gasteiger partial charge in [0.15, 0.2) is 0 Å². The van der Waals surface area contributed by atoms with Crippen molar-refractivity contribution in [3.63, 3.8) is 0 Å². The topological polar surface area (TPSA) is 9.23 Å². The van der Waals surface area contributed by atoms with Gasteiger partial charge in [0, 0.05) is 0 Å². The van der Waals surface area contributed by atoms with E-state index in [4.69, 9.17) is 4.74 Å². The Kier molecular flexibility index (Phi) is 2.58. The fourth-order valence-electron chi connectivity index (χ4n) is 1.92. The highest BCUT2D eigenvalue weighted by Gasteiger charge is 2.34. The predicted octanol–water partition coefficient (Wildman–Crippen LogP) is 2.70. The second-order valence-corrected chi connectivity index (χ2v) is 4.12. The summed E-state index contributed by atoms with van der Waals surface area (Å²) in [7, 11) is 0. The summed E-state index contributed by atoms with van der Waals surface area (Å²) in [5.74, 6) is 2.22. The Hall–Kier alpha value is -0.0400. The van der Waals surface area contributed by atoms with Crippen LogP contribution in [0.3, 0.4) is 0 Å². The van der Waals surface area contributed by atoms with E-state index in [2.05, 4.69) is 34.6 Å². The molecule has 1 nitrogen and oxygen atoms in total. The monoisotopic (exact) mass is 156 g/mol. The number of ether oxygens (including phenoxy) is 1. The van der Waals surface area contributed by atoms with Crippen LogP contribution in [-0.4, -0.2) is 12.2 Å². The van der Waals surface area contributed by atoms with Crippen molar-refractivity contribution < 1.29 is 4.74 Å². The minimum atomic E-state index is 0.441. The Morgan fingerprint density at radius 2 is 1.00 bits per heavy atom. The van der Waals surface area contributed by atoms with Gasteiger partial charge >= 0.3 is 0 Å². The summed E-state index contributed by atoms with van der Waals surface area (Å²) < 4.78 is 5.78. The van der Waals surface area contributed by atoms with E-state index in [9.17, 15) is 0 Å². The molecule has 0 aliphatic carbocycles. The van der Waals surface area contributed by atoms with Gasteiger partial charge in [0.05, 0.1) is 12.2 Å². The van der Waals surface area contributed by atoms with Gasteiger partial charge in [-0.1, -0.05) is 20.8 Å². The minimum Gasteiger partial charge on any atom is -0.375 e. The van der Waals surface area contributed by atoms with Crippen molar-refractivity contribution >= 4 is 0 Å². The van der Waals surface area contributed by atoms with Gasteiger partial charge < -0.3 is 4.74 Å². The van der Waals surface area contributed by atoms with Crippen LogP contribution < -0.4 is 0 Å². The summed E-state index contributed by atoms with van der Waals surface area (Å²) in [5.41, 5.74) is 0. The van der Waals surface area contributed by atoms with Crippen LogP contribution >= 0.6 is 0 Å². The average Bonchev–Trinajstić information content (AvgIpc) is 1.97. The summed E-state index contributed by atoms with van der Waals surface area (Å²) in [4.78, 5) is 0. The van der Waals surface area contributed by atoms with Gasteiger partial charge in [0.25, 0.3) is 0 Å². The molecule has 1 heteroatoms. The third-order valence-electron chi connectivity index (χ3n) is 3.57. The maximum Gasteiger partial charge on any atom is 0.0578 e. The fourth-order valence-corrected chi connectivity index (χ4v) is 1.92. The lowest BCUT2D eigenvalue weighted by Gasteiger charge is -2.41. The molecule has 0 spiro atoms. The van der Waals surface area contributed by atoms with Gasteiger partial charge in [-0.25, -0.2) is 0 Å². The molecule has 5 atom stereocenters. The molecular formula is C10H20O. The van der Waals surface area contributed by atoms with Crippen molar-refractivity contribution in [2.75, 3.05) is 0 Å². The van der Waals surface area contributed by atoms with Crippen LogP contribution in [0.2, 0.25) is 0 Å². The maximum absolute atomic E-state index is 5.78. The highest BCUT2D eigenvalue weighted by molar-refractivity contribution is 4.81. The summed E-state index contributed by atoms with van der Waals surface area (Å²) in [6.45, 7) is 11.3. The molecule has 0 N–H and O–H groups in total. The lowest BCUT2D eigenvalue weighted by molar-refractivity contribution is -0.116. The molecule has 1 rings (SSSR count). The molecule has 11 heavy (non-hydrogen) atoms. The largest absolute Gasteiger partial charge is 0.375 e.